The lowest BCUT2D eigenvalue weighted by Crippen LogP contribution is -2.44. The molecule has 0 radical (unpaired) electrons. The molecule has 0 spiro atoms. The molecule has 2 aliphatic rings. The molecule has 2 fully saturated rings. The minimum Gasteiger partial charge on any atom is -0.361 e. The first kappa shape index (κ1) is 21.0. The topological polar surface area (TPSA) is 60.6 Å². The van der Waals surface area contributed by atoms with E-state index in [9.17, 15) is 4.79 Å². The maximum atomic E-state index is 13.0. The quantitative estimate of drug-likeness (QED) is 0.494. The number of H-pyrrole nitrogens is 1. The Morgan fingerprint density at radius 2 is 2.03 bits per heavy atom. The second-order valence-electron chi connectivity index (χ2n) is 8.89. The summed E-state index contributed by atoms with van der Waals surface area (Å²) in [4.78, 5) is 24.9. The van der Waals surface area contributed by atoms with E-state index in [4.69, 9.17) is 4.84 Å². The van der Waals surface area contributed by atoms with Crippen LogP contribution in [0.2, 0.25) is 0 Å². The van der Waals surface area contributed by atoms with Crippen LogP contribution in [0.25, 0.3) is 10.9 Å². The monoisotopic (exact) mass is 432 g/mol. The summed E-state index contributed by atoms with van der Waals surface area (Å²) in [6.45, 7) is 4.74. The van der Waals surface area contributed by atoms with Crippen molar-refractivity contribution in [3.8, 4) is 0 Å². The summed E-state index contributed by atoms with van der Waals surface area (Å²) in [5, 5.41) is 5.48. The molecule has 6 heteroatoms. The summed E-state index contributed by atoms with van der Waals surface area (Å²) >= 11 is 0. The van der Waals surface area contributed by atoms with Crippen molar-refractivity contribution in [1.82, 2.24) is 9.88 Å². The van der Waals surface area contributed by atoms with Gasteiger partial charge in [0.05, 0.1) is 12.3 Å². The number of para-hydroxylation sites is 1. The van der Waals surface area contributed by atoms with Crippen molar-refractivity contribution in [2.24, 2.45) is 0 Å². The number of hydroxylamine groups is 1. The van der Waals surface area contributed by atoms with Crippen molar-refractivity contribution in [3.63, 3.8) is 0 Å². The Morgan fingerprint density at radius 1 is 1.16 bits per heavy atom. The predicted octanol–water partition coefficient (Wildman–Crippen LogP) is 5.89. The van der Waals surface area contributed by atoms with Gasteiger partial charge in [-0.05, 0) is 87.5 Å². The van der Waals surface area contributed by atoms with Gasteiger partial charge in [-0.2, -0.15) is 5.06 Å². The van der Waals surface area contributed by atoms with Gasteiger partial charge in [-0.15, -0.1) is 0 Å². The molecule has 2 atom stereocenters. The molecule has 2 aliphatic heterocycles. The summed E-state index contributed by atoms with van der Waals surface area (Å²) in [6, 6.07) is 16.0. The van der Waals surface area contributed by atoms with Crippen molar-refractivity contribution >= 4 is 28.3 Å². The normalized spacial score (nSPS) is 21.3. The van der Waals surface area contributed by atoms with Crippen LogP contribution in [0.5, 0.6) is 0 Å². The van der Waals surface area contributed by atoms with E-state index < -0.39 is 0 Å². The lowest BCUT2D eigenvalue weighted by Gasteiger charge is -2.42. The molecule has 2 N–H and O–H groups in total. The molecular weight excluding hydrogens is 400 g/mol. The van der Waals surface area contributed by atoms with E-state index in [2.05, 4.69) is 27.5 Å². The Kier molecular flexibility index (Phi) is 6.14. The number of nitrogens with zero attached hydrogens (tertiary/aromatic N) is 2. The number of fused-ring (bicyclic) bond motifs is 2. The number of carbonyl (C=O) groups excluding carboxylic acids is 1. The largest absolute Gasteiger partial charge is 0.361 e. The number of aromatic amines is 1. The van der Waals surface area contributed by atoms with Crippen LogP contribution in [0.1, 0.15) is 50.5 Å². The molecule has 6 nitrogen and oxygen atoms in total. The van der Waals surface area contributed by atoms with E-state index >= 15 is 0 Å². The van der Waals surface area contributed by atoms with E-state index in [1.807, 2.05) is 49.4 Å². The second kappa shape index (κ2) is 9.35. The lowest BCUT2D eigenvalue weighted by atomic mass is 9.82. The molecular formula is C26H32N4O2. The summed E-state index contributed by atoms with van der Waals surface area (Å²) < 4.78 is 0. The molecule has 3 heterocycles. The number of rotatable bonds is 5. The molecule has 2 saturated heterocycles. The van der Waals surface area contributed by atoms with E-state index in [0.717, 1.165) is 16.9 Å². The van der Waals surface area contributed by atoms with Gasteiger partial charge in [0.2, 0.25) is 0 Å². The van der Waals surface area contributed by atoms with Crippen LogP contribution < -0.4 is 10.4 Å². The van der Waals surface area contributed by atoms with Gasteiger partial charge in [0.25, 0.3) is 0 Å². The number of hydrogen-bond acceptors (Lipinski definition) is 3. The number of anilines is 2. The molecule has 2 aromatic carbocycles. The standard InChI is InChI=1S/C26H32N4O2/c1-2-32-30(26(31)28-20-8-4-3-5-9-20)22-11-12-25-23(17-22)24(18-27-25)19-13-15-29-14-7-6-10-21(29)16-19/h3-5,8-9,11-12,17-19,21,27H,2,6-7,10,13-16H2,1H3,(H,28,31). The van der Waals surface area contributed by atoms with Gasteiger partial charge in [-0.1, -0.05) is 24.6 Å². The second-order valence-corrected chi connectivity index (χ2v) is 8.89. The molecule has 0 bridgehead atoms. The smallest absolute Gasteiger partial charge is 0.350 e. The maximum Gasteiger partial charge on any atom is 0.350 e. The van der Waals surface area contributed by atoms with Crippen LogP contribution in [-0.4, -0.2) is 41.7 Å². The van der Waals surface area contributed by atoms with Crippen molar-refractivity contribution in [1.29, 1.82) is 0 Å². The van der Waals surface area contributed by atoms with Gasteiger partial charge in [0, 0.05) is 28.8 Å². The summed E-state index contributed by atoms with van der Waals surface area (Å²) in [7, 11) is 0. The van der Waals surface area contributed by atoms with Gasteiger partial charge in [-0.3, -0.25) is 4.84 Å². The average Bonchev–Trinajstić information content (AvgIpc) is 3.26. The molecule has 5 rings (SSSR count). The zero-order valence-corrected chi connectivity index (χ0v) is 18.7. The van der Waals surface area contributed by atoms with Crippen LogP contribution in [0.3, 0.4) is 0 Å². The third kappa shape index (κ3) is 4.25. The first-order valence-corrected chi connectivity index (χ1v) is 11.9. The van der Waals surface area contributed by atoms with Gasteiger partial charge in [-0.25, -0.2) is 4.79 Å². The Hall–Kier alpha value is -2.83. The Bertz CT molecular complexity index is 1060. The average molecular weight is 433 g/mol. The van der Waals surface area contributed by atoms with Crippen molar-refractivity contribution in [2.45, 2.75) is 51.0 Å². The summed E-state index contributed by atoms with van der Waals surface area (Å²) in [5.41, 5.74) is 3.95. The summed E-state index contributed by atoms with van der Waals surface area (Å²) in [6.07, 6.45) is 8.61. The zero-order valence-electron chi connectivity index (χ0n) is 18.7. The van der Waals surface area contributed by atoms with Crippen molar-refractivity contribution < 1.29 is 9.63 Å². The fourth-order valence-corrected chi connectivity index (χ4v) is 5.34. The molecule has 0 aliphatic carbocycles. The highest BCUT2D eigenvalue weighted by Gasteiger charge is 2.32. The Labute approximate surface area is 189 Å². The molecule has 168 valence electrons. The number of urea groups is 1. The lowest BCUT2D eigenvalue weighted by molar-refractivity contribution is 0.0977. The Morgan fingerprint density at radius 3 is 2.88 bits per heavy atom. The van der Waals surface area contributed by atoms with E-state index in [1.54, 1.807) is 0 Å². The molecule has 32 heavy (non-hydrogen) atoms. The minimum absolute atomic E-state index is 0.301. The third-order valence-corrected chi connectivity index (χ3v) is 6.91. The number of benzene rings is 2. The first-order valence-electron chi connectivity index (χ1n) is 11.9. The molecule has 3 aromatic rings. The maximum absolute atomic E-state index is 13.0. The van der Waals surface area contributed by atoms with E-state index in [-0.39, 0.29) is 6.03 Å². The number of aromatic nitrogens is 1. The van der Waals surface area contributed by atoms with Crippen LogP contribution in [0.4, 0.5) is 16.2 Å². The number of hydrogen-bond donors (Lipinski definition) is 2. The molecule has 2 amide bonds. The van der Waals surface area contributed by atoms with Gasteiger partial charge in [0.15, 0.2) is 0 Å². The third-order valence-electron chi connectivity index (χ3n) is 6.91. The minimum atomic E-state index is -0.301. The van der Waals surface area contributed by atoms with E-state index in [0.29, 0.717) is 18.6 Å². The van der Waals surface area contributed by atoms with Gasteiger partial charge >= 0.3 is 6.03 Å². The number of nitrogens with one attached hydrogen (secondary N) is 2. The number of piperidine rings is 2. The molecule has 0 saturated carbocycles. The number of carbonyl (C=O) groups is 1. The fraction of sp³-hybridized carbons (Fsp3) is 0.423. The first-order chi connectivity index (χ1) is 15.7. The van der Waals surface area contributed by atoms with E-state index in [1.165, 1.54) is 61.2 Å². The predicted molar refractivity (Wildman–Crippen MR) is 129 cm³/mol. The highest BCUT2D eigenvalue weighted by atomic mass is 16.7. The highest BCUT2D eigenvalue weighted by molar-refractivity contribution is 6.01. The number of amides is 2. The molecule has 1 aromatic heterocycles. The fourth-order valence-electron chi connectivity index (χ4n) is 5.34. The van der Waals surface area contributed by atoms with Crippen molar-refractivity contribution in [2.75, 3.05) is 30.1 Å². The van der Waals surface area contributed by atoms with Gasteiger partial charge in [0.1, 0.15) is 0 Å². The highest BCUT2D eigenvalue weighted by Crippen LogP contribution is 2.39. The van der Waals surface area contributed by atoms with Crippen LogP contribution in [0, 0.1) is 0 Å². The van der Waals surface area contributed by atoms with Gasteiger partial charge < -0.3 is 15.2 Å². The van der Waals surface area contributed by atoms with Crippen molar-refractivity contribution in [3.05, 3.63) is 60.3 Å². The van der Waals surface area contributed by atoms with Crippen LogP contribution in [-0.2, 0) is 4.84 Å². The molecule has 2 unspecified atom stereocenters. The zero-order chi connectivity index (χ0) is 21.9. The van der Waals surface area contributed by atoms with Crippen LogP contribution >= 0.6 is 0 Å². The summed E-state index contributed by atoms with van der Waals surface area (Å²) in [5.74, 6) is 0.553. The van der Waals surface area contributed by atoms with Crippen LogP contribution in [0.15, 0.2) is 54.7 Å². The SMILES string of the molecule is CCON(C(=O)Nc1ccccc1)c1ccc2[nH]cc(C3CCN4CCCCC4C3)c2c1. The Balaban J connectivity index is 1.41.